The quantitative estimate of drug-likeness (QED) is 0.799. The van der Waals surface area contributed by atoms with E-state index in [-0.39, 0.29) is 5.92 Å². The van der Waals surface area contributed by atoms with E-state index in [2.05, 4.69) is 5.32 Å². The monoisotopic (exact) mass is 295 g/mol. The molecule has 0 bridgehead atoms. The fourth-order valence-electron chi connectivity index (χ4n) is 1.70. The smallest absolute Gasteiger partial charge is 0.326 e. The Morgan fingerprint density at radius 1 is 1.10 bits per heavy atom. The van der Waals surface area contributed by atoms with E-state index in [0.717, 1.165) is 0 Å². The Bertz CT molecular complexity index is 483. The van der Waals surface area contributed by atoms with E-state index in [1.165, 1.54) is 0 Å². The van der Waals surface area contributed by atoms with Crippen molar-refractivity contribution in [2.24, 2.45) is 5.92 Å². The summed E-state index contributed by atoms with van der Waals surface area (Å²) in [5.74, 6) is -0.540. The van der Waals surface area contributed by atoms with Gasteiger partial charge in [0.25, 0.3) is 5.91 Å². The van der Waals surface area contributed by atoms with Crippen molar-refractivity contribution >= 4 is 11.9 Å². The zero-order chi connectivity index (χ0) is 16.0. The predicted molar refractivity (Wildman–Crippen MR) is 77.5 cm³/mol. The van der Waals surface area contributed by atoms with Crippen molar-refractivity contribution in [2.75, 3.05) is 7.11 Å². The summed E-state index contributed by atoms with van der Waals surface area (Å²) in [7, 11) is 1.56. The molecule has 0 aliphatic rings. The molecular formula is C15H21NO5. The molecule has 0 aliphatic heterocycles. The van der Waals surface area contributed by atoms with Crippen LogP contribution >= 0.6 is 0 Å². The molecule has 21 heavy (non-hydrogen) atoms. The number of hydrogen-bond donors (Lipinski definition) is 2. The number of hydrogen-bond acceptors (Lipinski definition) is 4. The Labute approximate surface area is 124 Å². The number of carbonyl (C=O) groups is 2. The van der Waals surface area contributed by atoms with Crippen molar-refractivity contribution in [3.05, 3.63) is 24.3 Å². The van der Waals surface area contributed by atoms with Crippen LogP contribution in [0.15, 0.2) is 24.3 Å². The Morgan fingerprint density at radius 3 is 2.05 bits per heavy atom. The molecule has 0 aromatic heterocycles. The second kappa shape index (κ2) is 7.52. The molecule has 116 valence electrons. The maximum Gasteiger partial charge on any atom is 0.326 e. The minimum Gasteiger partial charge on any atom is -0.497 e. The van der Waals surface area contributed by atoms with Gasteiger partial charge in [-0.1, -0.05) is 13.8 Å². The molecule has 6 nitrogen and oxygen atoms in total. The van der Waals surface area contributed by atoms with Crippen molar-refractivity contribution < 1.29 is 24.2 Å². The van der Waals surface area contributed by atoms with Crippen LogP contribution in [-0.2, 0) is 9.59 Å². The number of rotatable bonds is 7. The van der Waals surface area contributed by atoms with Gasteiger partial charge in [0.15, 0.2) is 6.10 Å². The molecule has 0 spiro atoms. The van der Waals surface area contributed by atoms with Gasteiger partial charge in [-0.05, 0) is 37.1 Å². The summed E-state index contributed by atoms with van der Waals surface area (Å²) < 4.78 is 10.5. The largest absolute Gasteiger partial charge is 0.497 e. The first-order valence-electron chi connectivity index (χ1n) is 6.69. The maximum absolute atomic E-state index is 12.0. The molecule has 0 heterocycles. The Hall–Kier alpha value is -2.24. The van der Waals surface area contributed by atoms with Crippen LogP contribution in [0.1, 0.15) is 20.8 Å². The van der Waals surface area contributed by atoms with Gasteiger partial charge in [-0.15, -0.1) is 0 Å². The lowest BCUT2D eigenvalue weighted by Gasteiger charge is -2.21. The lowest BCUT2D eigenvalue weighted by Crippen LogP contribution is -2.48. The average molecular weight is 295 g/mol. The molecule has 0 fully saturated rings. The van der Waals surface area contributed by atoms with Gasteiger partial charge in [-0.2, -0.15) is 0 Å². The molecule has 6 heteroatoms. The Balaban J connectivity index is 2.63. The number of carbonyl (C=O) groups excluding carboxylic acids is 1. The lowest BCUT2D eigenvalue weighted by atomic mass is 10.0. The van der Waals surface area contributed by atoms with Crippen LogP contribution in [0.25, 0.3) is 0 Å². The molecule has 1 amide bonds. The minimum atomic E-state index is -1.06. The molecule has 2 N–H and O–H groups in total. The lowest BCUT2D eigenvalue weighted by molar-refractivity contribution is -0.144. The highest BCUT2D eigenvalue weighted by Gasteiger charge is 2.26. The molecule has 1 aromatic rings. The van der Waals surface area contributed by atoms with Gasteiger partial charge >= 0.3 is 5.97 Å². The molecule has 0 saturated carbocycles. The SMILES string of the molecule is COc1ccc(OC(C)C(=O)NC(C(=O)O)C(C)C)cc1. The highest BCUT2D eigenvalue weighted by atomic mass is 16.5. The third-order valence-electron chi connectivity index (χ3n) is 2.97. The molecule has 0 radical (unpaired) electrons. The van der Waals surface area contributed by atoms with Crippen molar-refractivity contribution in [3.8, 4) is 11.5 Å². The first-order valence-corrected chi connectivity index (χ1v) is 6.69. The van der Waals surface area contributed by atoms with Crippen molar-refractivity contribution in [1.82, 2.24) is 5.32 Å². The number of benzene rings is 1. The van der Waals surface area contributed by atoms with Crippen LogP contribution in [0.4, 0.5) is 0 Å². The van der Waals surface area contributed by atoms with E-state index in [9.17, 15) is 9.59 Å². The summed E-state index contributed by atoms with van der Waals surface area (Å²) in [5.41, 5.74) is 0. The molecule has 2 unspecified atom stereocenters. The van der Waals surface area contributed by atoms with Crippen LogP contribution in [0.5, 0.6) is 11.5 Å². The maximum atomic E-state index is 12.0. The normalized spacial score (nSPS) is 13.4. The molecule has 1 rings (SSSR count). The number of methoxy groups -OCH3 is 1. The van der Waals surface area contributed by atoms with E-state index in [1.807, 2.05) is 0 Å². The van der Waals surface area contributed by atoms with E-state index in [4.69, 9.17) is 14.6 Å². The highest BCUT2D eigenvalue weighted by molar-refractivity contribution is 5.86. The summed E-state index contributed by atoms with van der Waals surface area (Å²) in [6.45, 7) is 5.03. The summed E-state index contributed by atoms with van der Waals surface area (Å²) in [4.78, 5) is 23.0. The fourth-order valence-corrected chi connectivity index (χ4v) is 1.70. The van der Waals surface area contributed by atoms with Crippen molar-refractivity contribution in [3.63, 3.8) is 0 Å². The van der Waals surface area contributed by atoms with Crippen molar-refractivity contribution in [2.45, 2.75) is 32.9 Å². The van der Waals surface area contributed by atoms with E-state index >= 15 is 0 Å². The van der Waals surface area contributed by atoms with Gasteiger partial charge in [0.2, 0.25) is 0 Å². The fraction of sp³-hybridized carbons (Fsp3) is 0.467. The van der Waals surface area contributed by atoms with Crippen LogP contribution in [0.2, 0.25) is 0 Å². The van der Waals surface area contributed by atoms with Gasteiger partial charge in [-0.3, -0.25) is 4.79 Å². The average Bonchev–Trinajstić information content (AvgIpc) is 2.44. The summed E-state index contributed by atoms with van der Waals surface area (Å²) in [5, 5.41) is 11.5. The zero-order valence-electron chi connectivity index (χ0n) is 12.6. The standard InChI is InChI=1S/C15H21NO5/c1-9(2)13(15(18)19)16-14(17)10(3)21-12-7-5-11(20-4)6-8-12/h5-10,13H,1-4H3,(H,16,17)(H,18,19). The van der Waals surface area contributed by atoms with Crippen LogP contribution < -0.4 is 14.8 Å². The molecule has 2 atom stereocenters. The first kappa shape index (κ1) is 16.8. The number of ether oxygens (including phenoxy) is 2. The highest BCUT2D eigenvalue weighted by Crippen LogP contribution is 2.18. The summed E-state index contributed by atoms with van der Waals surface area (Å²) >= 11 is 0. The Morgan fingerprint density at radius 2 is 1.62 bits per heavy atom. The molecular weight excluding hydrogens is 274 g/mol. The first-order chi connectivity index (χ1) is 9.85. The topological polar surface area (TPSA) is 84.9 Å². The van der Waals surface area contributed by atoms with Gasteiger partial charge in [0.1, 0.15) is 17.5 Å². The third-order valence-corrected chi connectivity index (χ3v) is 2.97. The van der Waals surface area contributed by atoms with Crippen LogP contribution in [0.3, 0.4) is 0 Å². The molecule has 0 aliphatic carbocycles. The number of carboxylic acid groups (broad SMARTS) is 1. The molecule has 0 saturated heterocycles. The Kier molecular flexibility index (Phi) is 6.02. The van der Waals surface area contributed by atoms with E-state index in [0.29, 0.717) is 11.5 Å². The van der Waals surface area contributed by atoms with Crippen molar-refractivity contribution in [1.29, 1.82) is 0 Å². The van der Waals surface area contributed by atoms with Gasteiger partial charge in [0.05, 0.1) is 7.11 Å². The van der Waals surface area contributed by atoms with Crippen LogP contribution in [0, 0.1) is 5.92 Å². The third kappa shape index (κ3) is 4.98. The predicted octanol–water partition coefficient (Wildman–Crippen LogP) is 1.69. The summed E-state index contributed by atoms with van der Waals surface area (Å²) in [6.07, 6.45) is -0.793. The number of amides is 1. The zero-order valence-corrected chi connectivity index (χ0v) is 12.6. The number of carboxylic acids is 1. The minimum absolute atomic E-state index is 0.209. The van der Waals surface area contributed by atoms with Gasteiger partial charge < -0.3 is 19.9 Å². The van der Waals surface area contributed by atoms with E-state index < -0.39 is 24.0 Å². The second-order valence-corrected chi connectivity index (χ2v) is 5.00. The second-order valence-electron chi connectivity index (χ2n) is 5.00. The van der Waals surface area contributed by atoms with Gasteiger partial charge in [-0.25, -0.2) is 4.79 Å². The van der Waals surface area contributed by atoms with Crippen LogP contribution in [-0.4, -0.2) is 36.2 Å². The summed E-state index contributed by atoms with van der Waals surface area (Å²) in [6, 6.07) is 5.86. The van der Waals surface area contributed by atoms with E-state index in [1.54, 1.807) is 52.1 Å². The number of aliphatic carboxylic acids is 1. The molecule has 1 aromatic carbocycles. The number of nitrogens with one attached hydrogen (secondary N) is 1. The van der Waals surface area contributed by atoms with Gasteiger partial charge in [0, 0.05) is 0 Å².